The molecule has 11 nitrogen and oxygen atoms in total. The minimum Gasteiger partial charge on any atom is -0.494 e. The lowest BCUT2D eigenvalue weighted by Crippen LogP contribution is -2.23. The quantitative estimate of drug-likeness (QED) is 0.267. The lowest BCUT2D eigenvalue weighted by Gasteiger charge is -2.17. The molecule has 4 rings (SSSR count). The zero-order chi connectivity index (χ0) is 23.2. The van der Waals surface area contributed by atoms with Gasteiger partial charge in [0, 0.05) is 13.1 Å². The van der Waals surface area contributed by atoms with Gasteiger partial charge in [-0.15, -0.1) is 10.2 Å². The third-order valence-corrected chi connectivity index (χ3v) is 6.03. The van der Waals surface area contributed by atoms with Gasteiger partial charge in [-0.1, -0.05) is 11.8 Å². The number of anilines is 2. The van der Waals surface area contributed by atoms with E-state index in [2.05, 4.69) is 20.4 Å². The molecule has 12 heteroatoms. The van der Waals surface area contributed by atoms with Crippen LogP contribution < -0.4 is 15.0 Å². The molecular formula is C21H24N6O5S. The molecule has 1 fully saturated rings. The summed E-state index contributed by atoms with van der Waals surface area (Å²) in [5.74, 6) is 1.50. The fourth-order valence-corrected chi connectivity index (χ4v) is 4.31. The fourth-order valence-electron chi connectivity index (χ4n) is 3.58. The van der Waals surface area contributed by atoms with Crippen LogP contribution in [0.5, 0.6) is 5.75 Å². The lowest BCUT2D eigenvalue weighted by molar-refractivity contribution is -0.384. The molecule has 0 atom stereocenters. The second kappa shape index (κ2) is 10.4. The van der Waals surface area contributed by atoms with E-state index in [4.69, 9.17) is 9.15 Å². The van der Waals surface area contributed by atoms with Crippen molar-refractivity contribution in [3.8, 4) is 5.75 Å². The van der Waals surface area contributed by atoms with Gasteiger partial charge in [0.2, 0.25) is 11.9 Å². The van der Waals surface area contributed by atoms with E-state index >= 15 is 0 Å². The van der Waals surface area contributed by atoms with E-state index in [1.54, 1.807) is 19.3 Å². The van der Waals surface area contributed by atoms with Crippen LogP contribution in [0.25, 0.3) is 0 Å². The number of ether oxygens (including phenoxy) is 1. The first-order chi connectivity index (χ1) is 16.0. The van der Waals surface area contributed by atoms with Crippen molar-refractivity contribution in [2.75, 3.05) is 35.7 Å². The third-order valence-electron chi connectivity index (χ3n) is 5.06. The molecule has 1 aliphatic heterocycles. The molecule has 1 N–H and O–H groups in total. The molecule has 0 unspecified atom stereocenters. The van der Waals surface area contributed by atoms with Crippen LogP contribution in [0.2, 0.25) is 0 Å². The maximum absolute atomic E-state index is 12.6. The highest BCUT2D eigenvalue weighted by atomic mass is 32.2. The monoisotopic (exact) mass is 472 g/mol. The van der Waals surface area contributed by atoms with Crippen molar-refractivity contribution < 1.29 is 18.9 Å². The Bertz CT molecular complexity index is 1110. The van der Waals surface area contributed by atoms with Gasteiger partial charge in [-0.2, -0.15) is 0 Å². The standard InChI is InChI=1S/C21H24N6O5S/c1-2-31-15-7-8-17(18(12-15)27(29)30)22-19(28)14-33-21-24-23-20(25-9-3-4-10-25)26(21)13-16-6-5-11-32-16/h5-8,11-12H,2-4,9-10,13-14H2,1H3,(H,22,28). The average Bonchev–Trinajstić information content (AvgIpc) is 3.56. The SMILES string of the molecule is CCOc1ccc(NC(=O)CSc2nnc(N3CCCC3)n2Cc2ccco2)c([N+](=O)[O-])c1. The van der Waals surface area contributed by atoms with Gasteiger partial charge in [0.25, 0.3) is 5.69 Å². The number of amides is 1. The summed E-state index contributed by atoms with van der Waals surface area (Å²) in [5, 5.41) is 23.2. The number of nitro groups is 1. The molecule has 0 spiro atoms. The van der Waals surface area contributed by atoms with Gasteiger partial charge in [-0.05, 0) is 44.0 Å². The van der Waals surface area contributed by atoms with E-state index in [0.29, 0.717) is 24.1 Å². The zero-order valence-electron chi connectivity index (χ0n) is 18.1. The van der Waals surface area contributed by atoms with Gasteiger partial charge in [-0.25, -0.2) is 0 Å². The maximum atomic E-state index is 12.6. The van der Waals surface area contributed by atoms with Gasteiger partial charge >= 0.3 is 0 Å². The molecular weight excluding hydrogens is 448 g/mol. The summed E-state index contributed by atoms with van der Waals surface area (Å²) in [6.07, 6.45) is 3.80. The van der Waals surface area contributed by atoms with Crippen molar-refractivity contribution >= 4 is 35.0 Å². The number of furan rings is 1. The number of benzene rings is 1. The van der Waals surface area contributed by atoms with E-state index in [1.165, 1.54) is 23.9 Å². The minimum atomic E-state index is -0.548. The molecule has 1 amide bonds. The number of nitrogens with one attached hydrogen (secondary N) is 1. The molecule has 0 aliphatic carbocycles. The Balaban J connectivity index is 1.46. The van der Waals surface area contributed by atoms with Crippen molar-refractivity contribution in [2.45, 2.75) is 31.5 Å². The van der Waals surface area contributed by atoms with Crippen LogP contribution in [0, 0.1) is 10.1 Å². The van der Waals surface area contributed by atoms with Gasteiger partial charge in [0.05, 0.1) is 36.2 Å². The van der Waals surface area contributed by atoms with Crippen molar-refractivity contribution in [2.24, 2.45) is 0 Å². The summed E-state index contributed by atoms with van der Waals surface area (Å²) >= 11 is 1.22. The van der Waals surface area contributed by atoms with E-state index in [-0.39, 0.29) is 23.0 Å². The predicted molar refractivity (Wildman–Crippen MR) is 123 cm³/mol. The number of nitro benzene ring substituents is 1. The van der Waals surface area contributed by atoms with Crippen molar-refractivity contribution in [3.05, 3.63) is 52.5 Å². The first kappa shape index (κ1) is 22.6. The topological polar surface area (TPSA) is 129 Å². The normalized spacial score (nSPS) is 13.3. The number of carbonyl (C=O) groups is 1. The second-order valence-electron chi connectivity index (χ2n) is 7.35. The van der Waals surface area contributed by atoms with Crippen LogP contribution in [0.15, 0.2) is 46.2 Å². The summed E-state index contributed by atoms with van der Waals surface area (Å²) in [6.45, 7) is 4.43. The maximum Gasteiger partial charge on any atom is 0.296 e. The molecule has 0 radical (unpaired) electrons. The number of rotatable bonds is 10. The highest BCUT2D eigenvalue weighted by Gasteiger charge is 2.23. The smallest absolute Gasteiger partial charge is 0.296 e. The molecule has 0 saturated carbocycles. The fraction of sp³-hybridized carbons (Fsp3) is 0.381. The molecule has 1 aliphatic rings. The Hall–Kier alpha value is -3.54. The molecule has 3 aromatic rings. The van der Waals surface area contributed by atoms with Gasteiger partial charge in [-0.3, -0.25) is 19.5 Å². The number of thioether (sulfide) groups is 1. The lowest BCUT2D eigenvalue weighted by atomic mass is 10.2. The van der Waals surface area contributed by atoms with E-state index in [1.807, 2.05) is 16.7 Å². The molecule has 2 aromatic heterocycles. The second-order valence-corrected chi connectivity index (χ2v) is 8.29. The molecule has 1 saturated heterocycles. The average molecular weight is 473 g/mol. The first-order valence-electron chi connectivity index (χ1n) is 10.6. The Labute approximate surface area is 194 Å². The predicted octanol–water partition coefficient (Wildman–Crippen LogP) is 3.56. The Morgan fingerprint density at radius 3 is 2.82 bits per heavy atom. The highest BCUT2D eigenvalue weighted by molar-refractivity contribution is 7.99. The number of hydrogen-bond donors (Lipinski definition) is 1. The number of aromatic nitrogens is 3. The van der Waals surface area contributed by atoms with Crippen LogP contribution in [-0.4, -0.2) is 51.0 Å². The van der Waals surface area contributed by atoms with Crippen molar-refractivity contribution in [1.29, 1.82) is 0 Å². The Kier molecular flexibility index (Phi) is 7.13. The van der Waals surface area contributed by atoms with Gasteiger partial charge in [0.1, 0.15) is 17.2 Å². The largest absolute Gasteiger partial charge is 0.494 e. The van der Waals surface area contributed by atoms with Crippen molar-refractivity contribution in [1.82, 2.24) is 14.8 Å². The number of hydrogen-bond acceptors (Lipinski definition) is 9. The van der Waals surface area contributed by atoms with E-state index in [0.717, 1.165) is 37.6 Å². The summed E-state index contributed by atoms with van der Waals surface area (Å²) in [5.41, 5.74) is -0.111. The van der Waals surface area contributed by atoms with Crippen LogP contribution in [0.3, 0.4) is 0 Å². The molecule has 3 heterocycles. The van der Waals surface area contributed by atoms with Crippen LogP contribution in [0.4, 0.5) is 17.3 Å². The molecule has 33 heavy (non-hydrogen) atoms. The van der Waals surface area contributed by atoms with E-state index < -0.39 is 4.92 Å². The zero-order valence-corrected chi connectivity index (χ0v) is 18.9. The Morgan fingerprint density at radius 1 is 1.30 bits per heavy atom. The summed E-state index contributed by atoms with van der Waals surface area (Å²) in [7, 11) is 0. The van der Waals surface area contributed by atoms with Crippen LogP contribution >= 0.6 is 11.8 Å². The van der Waals surface area contributed by atoms with Crippen molar-refractivity contribution in [3.63, 3.8) is 0 Å². The number of nitrogens with zero attached hydrogens (tertiary/aromatic N) is 5. The van der Waals surface area contributed by atoms with E-state index in [9.17, 15) is 14.9 Å². The summed E-state index contributed by atoms with van der Waals surface area (Å²) < 4.78 is 12.7. The summed E-state index contributed by atoms with van der Waals surface area (Å²) in [6, 6.07) is 8.05. The Morgan fingerprint density at radius 2 is 2.12 bits per heavy atom. The van der Waals surface area contributed by atoms with Crippen LogP contribution in [-0.2, 0) is 11.3 Å². The van der Waals surface area contributed by atoms with Gasteiger partial charge < -0.3 is 19.4 Å². The van der Waals surface area contributed by atoms with Crippen LogP contribution in [0.1, 0.15) is 25.5 Å². The summed E-state index contributed by atoms with van der Waals surface area (Å²) in [4.78, 5) is 25.6. The first-order valence-corrected chi connectivity index (χ1v) is 11.6. The highest BCUT2D eigenvalue weighted by Crippen LogP contribution is 2.30. The molecule has 1 aromatic carbocycles. The minimum absolute atomic E-state index is 0.0145. The number of carbonyl (C=O) groups excluding carboxylic acids is 1. The van der Waals surface area contributed by atoms with Gasteiger partial charge in [0.15, 0.2) is 5.16 Å². The molecule has 174 valence electrons. The molecule has 0 bridgehead atoms. The third kappa shape index (κ3) is 5.45.